The lowest BCUT2D eigenvalue weighted by atomic mass is 9.88. The van der Waals surface area contributed by atoms with E-state index in [-0.39, 0.29) is 0 Å². The summed E-state index contributed by atoms with van der Waals surface area (Å²) < 4.78 is 0. The van der Waals surface area contributed by atoms with E-state index in [2.05, 4.69) is 27.7 Å². The normalized spacial score (nSPS) is 45.3. The van der Waals surface area contributed by atoms with Crippen molar-refractivity contribution in [3.63, 3.8) is 0 Å². The summed E-state index contributed by atoms with van der Waals surface area (Å²) in [5, 5.41) is 0. The maximum atomic E-state index is 2.57. The van der Waals surface area contributed by atoms with Gasteiger partial charge in [-0.3, -0.25) is 0 Å². The van der Waals surface area contributed by atoms with Crippen LogP contribution in [0.5, 0.6) is 0 Å². The molecule has 6 atom stereocenters. The predicted molar refractivity (Wildman–Crippen MR) is 87.7 cm³/mol. The van der Waals surface area contributed by atoms with Crippen LogP contribution in [-0.2, 0) is 0 Å². The molecule has 0 N–H and O–H groups in total. The molecule has 1 spiro atoms. The van der Waals surface area contributed by atoms with Crippen LogP contribution >= 0.6 is 0 Å². The van der Waals surface area contributed by atoms with E-state index in [0.717, 1.165) is 34.5 Å². The van der Waals surface area contributed by atoms with Gasteiger partial charge in [0.25, 0.3) is 0 Å². The van der Waals surface area contributed by atoms with Gasteiger partial charge in [0.2, 0.25) is 0 Å². The van der Waals surface area contributed by atoms with Gasteiger partial charge in [-0.2, -0.15) is 0 Å². The van der Waals surface area contributed by atoms with Gasteiger partial charge in [-0.15, -0.1) is 0 Å². The Balaban J connectivity index is 1.21. The third kappa shape index (κ3) is 2.08. The highest BCUT2D eigenvalue weighted by molar-refractivity contribution is 5.44. The molecule has 0 aromatic heterocycles. The third-order valence-electron chi connectivity index (χ3n) is 7.72. The molecule has 0 heterocycles. The molecule has 0 amide bonds. The number of hydrogen-bond acceptors (Lipinski definition) is 0. The van der Waals surface area contributed by atoms with E-state index in [1.54, 1.807) is 6.42 Å². The van der Waals surface area contributed by atoms with Gasteiger partial charge < -0.3 is 0 Å². The third-order valence-corrected chi connectivity index (χ3v) is 7.72. The first-order valence-electron chi connectivity index (χ1n) is 9.60. The lowest BCUT2D eigenvalue weighted by molar-refractivity contribution is 0.314. The number of hydrogen-bond donors (Lipinski definition) is 0. The van der Waals surface area contributed by atoms with E-state index in [0.29, 0.717) is 0 Å². The Morgan fingerprint density at radius 2 is 1.55 bits per heavy atom. The molecule has 0 aromatic rings. The number of rotatable bonds is 10. The Hall–Kier alpha value is 0. The lowest BCUT2D eigenvalue weighted by Crippen LogP contribution is -2.11. The second-order valence-corrected chi connectivity index (χ2v) is 8.64. The molecule has 3 fully saturated rings. The van der Waals surface area contributed by atoms with Gasteiger partial charge in [0.05, 0.1) is 0 Å². The molecular formula is C20H36. The molecule has 0 aromatic carbocycles. The Morgan fingerprint density at radius 1 is 1.00 bits per heavy atom. The van der Waals surface area contributed by atoms with Crippen LogP contribution in [0.15, 0.2) is 0 Å². The van der Waals surface area contributed by atoms with Crippen molar-refractivity contribution in [2.24, 2.45) is 34.5 Å². The zero-order valence-electron chi connectivity index (χ0n) is 14.4. The van der Waals surface area contributed by atoms with Crippen molar-refractivity contribution < 1.29 is 0 Å². The smallest absolute Gasteiger partial charge is 0.0167 e. The molecule has 0 heteroatoms. The van der Waals surface area contributed by atoms with E-state index in [1.807, 2.05) is 0 Å². The molecule has 0 radical (unpaired) electrons. The minimum absolute atomic E-state index is 0.825. The average molecular weight is 277 g/mol. The topological polar surface area (TPSA) is 0 Å². The first-order valence-corrected chi connectivity index (χ1v) is 9.60. The minimum atomic E-state index is 0.825. The minimum Gasteiger partial charge on any atom is -0.0654 e. The summed E-state index contributed by atoms with van der Waals surface area (Å²) >= 11 is 0. The summed E-state index contributed by atoms with van der Waals surface area (Å²) in [7, 11) is 0. The Morgan fingerprint density at radius 3 is 2.10 bits per heavy atom. The van der Waals surface area contributed by atoms with E-state index in [4.69, 9.17) is 0 Å². The van der Waals surface area contributed by atoms with Crippen LogP contribution in [0.2, 0.25) is 0 Å². The van der Waals surface area contributed by atoms with Crippen molar-refractivity contribution in [2.75, 3.05) is 0 Å². The first-order chi connectivity index (χ1) is 9.60. The van der Waals surface area contributed by atoms with Gasteiger partial charge in [0.15, 0.2) is 0 Å². The maximum Gasteiger partial charge on any atom is -0.0167 e. The van der Waals surface area contributed by atoms with Gasteiger partial charge in [0.1, 0.15) is 0 Å². The fourth-order valence-corrected chi connectivity index (χ4v) is 6.08. The van der Waals surface area contributed by atoms with Crippen LogP contribution in [0.25, 0.3) is 0 Å². The molecule has 20 heavy (non-hydrogen) atoms. The molecule has 3 rings (SSSR count). The highest BCUT2D eigenvalue weighted by Crippen LogP contribution is 3.02. The van der Waals surface area contributed by atoms with Crippen LogP contribution < -0.4 is 0 Å². The van der Waals surface area contributed by atoms with E-state index in [1.165, 1.54) is 57.8 Å². The Kier molecular flexibility index (Phi) is 3.97. The fourth-order valence-electron chi connectivity index (χ4n) is 6.08. The molecule has 3 aliphatic rings. The fraction of sp³-hybridized carbons (Fsp3) is 1.00. The largest absolute Gasteiger partial charge is 0.0654 e. The highest BCUT2D eigenvalue weighted by Gasteiger charge is 2.98. The molecule has 0 bridgehead atoms. The zero-order valence-corrected chi connectivity index (χ0v) is 14.4. The lowest BCUT2D eigenvalue weighted by Gasteiger charge is -2.17. The van der Waals surface area contributed by atoms with Crippen molar-refractivity contribution in [2.45, 2.75) is 91.9 Å². The monoisotopic (exact) mass is 276 g/mol. The Labute approximate surface area is 127 Å². The standard InChI is InChI=1S/C20H36/c1-5-6-7-8-9-10-11-12-13-15(2)17-14-20(17)18-16(3)19(18,20)4/h15-18H,5-14H2,1-4H3. The van der Waals surface area contributed by atoms with Gasteiger partial charge >= 0.3 is 0 Å². The van der Waals surface area contributed by atoms with Crippen LogP contribution in [0, 0.1) is 34.5 Å². The molecule has 116 valence electrons. The molecule has 3 saturated carbocycles. The van der Waals surface area contributed by atoms with Gasteiger partial charge in [-0.1, -0.05) is 85.5 Å². The molecule has 0 saturated heterocycles. The highest BCUT2D eigenvalue weighted by atomic mass is 15.0. The maximum absolute atomic E-state index is 2.57. The molecule has 6 unspecified atom stereocenters. The van der Waals surface area contributed by atoms with Gasteiger partial charge in [0, 0.05) is 0 Å². The quantitative estimate of drug-likeness (QED) is 0.402. The summed E-state index contributed by atoms with van der Waals surface area (Å²) in [5.41, 5.74) is 1.72. The summed E-state index contributed by atoms with van der Waals surface area (Å²) in [6, 6.07) is 0. The second kappa shape index (κ2) is 5.33. The summed E-state index contributed by atoms with van der Waals surface area (Å²) in [6.07, 6.45) is 14.8. The van der Waals surface area contributed by atoms with Crippen molar-refractivity contribution in [1.82, 2.24) is 0 Å². The molecule has 0 aliphatic heterocycles. The number of unbranched alkanes of at least 4 members (excludes halogenated alkanes) is 7. The zero-order chi connectivity index (χ0) is 14.4. The van der Waals surface area contributed by atoms with Crippen LogP contribution in [0.4, 0.5) is 0 Å². The van der Waals surface area contributed by atoms with Crippen molar-refractivity contribution in [3.8, 4) is 0 Å². The van der Waals surface area contributed by atoms with Gasteiger partial charge in [-0.05, 0) is 40.9 Å². The first kappa shape index (κ1) is 14.9. The van der Waals surface area contributed by atoms with Crippen molar-refractivity contribution >= 4 is 0 Å². The molecule has 0 nitrogen and oxygen atoms in total. The van der Waals surface area contributed by atoms with Crippen LogP contribution in [0.1, 0.15) is 91.9 Å². The predicted octanol–water partition coefficient (Wildman–Crippen LogP) is 6.45. The van der Waals surface area contributed by atoms with E-state index < -0.39 is 0 Å². The average Bonchev–Trinajstić information content (AvgIpc) is 3.35. The van der Waals surface area contributed by atoms with Crippen molar-refractivity contribution in [1.29, 1.82) is 0 Å². The molecular weight excluding hydrogens is 240 g/mol. The molecule has 3 aliphatic carbocycles. The second-order valence-electron chi connectivity index (χ2n) is 8.64. The summed E-state index contributed by atoms with van der Waals surface area (Å²) in [5.74, 6) is 4.37. The van der Waals surface area contributed by atoms with Crippen LogP contribution in [0.3, 0.4) is 0 Å². The summed E-state index contributed by atoms with van der Waals surface area (Å²) in [4.78, 5) is 0. The SMILES string of the molecule is CCCCCCCCCCC(C)C1CC12C1C(C)C12C. The van der Waals surface area contributed by atoms with E-state index in [9.17, 15) is 0 Å². The van der Waals surface area contributed by atoms with E-state index >= 15 is 0 Å². The van der Waals surface area contributed by atoms with Crippen LogP contribution in [-0.4, -0.2) is 0 Å². The van der Waals surface area contributed by atoms with Gasteiger partial charge in [-0.25, -0.2) is 0 Å². The van der Waals surface area contributed by atoms with Crippen molar-refractivity contribution in [3.05, 3.63) is 0 Å². The summed E-state index contributed by atoms with van der Waals surface area (Å²) in [6.45, 7) is 9.91. The number of fused-ring (bicyclic) bond motifs is 3. The Bertz CT molecular complexity index is 346.